The van der Waals surface area contributed by atoms with E-state index in [4.69, 9.17) is 0 Å². The Balaban J connectivity index is 0.809. The molecule has 9 aromatic rings. The predicted molar refractivity (Wildman–Crippen MR) is 320 cm³/mol. The first-order valence-corrected chi connectivity index (χ1v) is 26.4. The molecular weight excluding hydrogens is 893 g/mol. The Morgan fingerprint density at radius 1 is 0.243 bits per heavy atom. The third-order valence-corrected chi connectivity index (χ3v) is 15.6. The van der Waals surface area contributed by atoms with Gasteiger partial charge in [0.1, 0.15) is 0 Å². The molecule has 2 heteroatoms. The first-order chi connectivity index (χ1) is 35.4. The summed E-state index contributed by atoms with van der Waals surface area (Å²) in [6.07, 6.45) is 9.00. The molecule has 0 amide bonds. The average molecular weight is 961 g/mol. The highest BCUT2D eigenvalue weighted by molar-refractivity contribution is 5.89. The molecule has 9 aromatic carbocycles. The van der Waals surface area contributed by atoms with E-state index in [1.165, 1.54) is 145 Å². The minimum Gasteiger partial charge on any atom is -0.310 e. The molecule has 0 bridgehead atoms. The van der Waals surface area contributed by atoms with Crippen LogP contribution in [-0.2, 0) is 10.8 Å². The second-order valence-corrected chi connectivity index (χ2v) is 22.7. The Hall–Kier alpha value is -7.94. The van der Waals surface area contributed by atoms with Crippen molar-refractivity contribution in [1.82, 2.24) is 0 Å². The molecule has 0 radical (unpaired) electrons. The van der Waals surface area contributed by atoms with E-state index in [0.717, 1.165) is 0 Å². The van der Waals surface area contributed by atoms with Crippen LogP contribution >= 0.6 is 0 Å². The normalized spacial score (nSPS) is 13.8. The Morgan fingerprint density at radius 2 is 0.473 bits per heavy atom. The third-order valence-electron chi connectivity index (χ3n) is 15.6. The summed E-state index contributed by atoms with van der Waals surface area (Å²) in [6, 6.07) is 64.5. The van der Waals surface area contributed by atoms with Gasteiger partial charge in [-0.2, -0.15) is 0 Å². The molecule has 74 heavy (non-hydrogen) atoms. The molecule has 0 spiro atoms. The smallest absolute Gasteiger partial charge is 0.0466 e. The van der Waals surface area contributed by atoms with Crippen molar-refractivity contribution in [1.29, 1.82) is 0 Å². The SMILES string of the molecule is Cc1cc(C)cc(N(c2cc(C)cc(C)c2)c2ccc3c(c2)C(C)(C)c2cc(C=Cc4ccc(C=Cc5ccc6c(c5)C(C)(C)c5cc(N(c7cc(C)cc(C)c7)c7cc(C)cc(C)c7)ccc5-6)cc4)ccc2-3)c1. The van der Waals surface area contributed by atoms with Gasteiger partial charge >= 0.3 is 0 Å². The van der Waals surface area contributed by atoms with Gasteiger partial charge in [-0.15, -0.1) is 0 Å². The van der Waals surface area contributed by atoms with Crippen LogP contribution in [0.4, 0.5) is 34.1 Å². The number of anilines is 6. The van der Waals surface area contributed by atoms with Crippen molar-refractivity contribution in [2.75, 3.05) is 9.80 Å². The van der Waals surface area contributed by atoms with Crippen molar-refractivity contribution in [3.8, 4) is 22.3 Å². The standard InChI is InChI=1S/C72H68N2/c1-45-29-46(2)34-59(33-45)73(60-35-47(3)30-48(4)36-60)57-23-27-65-63-25-21-55(41-67(63)71(9,10)69(65)43-57)19-17-53-13-15-54(16-14-53)18-20-56-22-26-64-66-28-24-58(44-70(66)72(11,12)68(64)42-56)74(61-37-49(5)31-50(6)38-61)62-39-51(7)32-52(8)40-62/h13-44H,1-12H3. The van der Waals surface area contributed by atoms with E-state index in [0.29, 0.717) is 0 Å². The molecule has 366 valence electrons. The zero-order valence-corrected chi connectivity index (χ0v) is 45.4. The summed E-state index contributed by atoms with van der Waals surface area (Å²) in [4.78, 5) is 4.87. The molecule has 2 nitrogen and oxygen atoms in total. The molecule has 0 fully saturated rings. The van der Waals surface area contributed by atoms with Crippen LogP contribution in [-0.4, -0.2) is 0 Å². The summed E-state index contributed by atoms with van der Waals surface area (Å²) in [5, 5.41) is 0. The number of hydrogen-bond donors (Lipinski definition) is 0. The van der Waals surface area contributed by atoms with Crippen molar-refractivity contribution in [3.63, 3.8) is 0 Å². The van der Waals surface area contributed by atoms with Crippen molar-refractivity contribution >= 4 is 58.4 Å². The van der Waals surface area contributed by atoms with Gasteiger partial charge < -0.3 is 9.80 Å². The largest absolute Gasteiger partial charge is 0.310 e. The van der Waals surface area contributed by atoms with Gasteiger partial charge in [0.2, 0.25) is 0 Å². The molecule has 0 atom stereocenters. The van der Waals surface area contributed by atoms with E-state index in [2.05, 4.69) is 287 Å². The van der Waals surface area contributed by atoms with E-state index in [1.54, 1.807) is 0 Å². The summed E-state index contributed by atoms with van der Waals surface area (Å²) in [5.41, 5.74) is 32.4. The fourth-order valence-electron chi connectivity index (χ4n) is 12.3. The lowest BCUT2D eigenvalue weighted by molar-refractivity contribution is 0.660. The van der Waals surface area contributed by atoms with Crippen LogP contribution in [0.25, 0.3) is 46.6 Å². The quantitative estimate of drug-likeness (QED) is 0.126. The van der Waals surface area contributed by atoms with E-state index in [9.17, 15) is 0 Å². The van der Waals surface area contributed by atoms with E-state index >= 15 is 0 Å². The number of rotatable bonds is 10. The molecule has 0 saturated carbocycles. The van der Waals surface area contributed by atoms with Crippen LogP contribution in [0.5, 0.6) is 0 Å². The summed E-state index contributed by atoms with van der Waals surface area (Å²) >= 11 is 0. The van der Waals surface area contributed by atoms with Crippen LogP contribution in [0.3, 0.4) is 0 Å². The Labute approximate surface area is 441 Å². The van der Waals surface area contributed by atoms with Crippen molar-refractivity contribution in [2.24, 2.45) is 0 Å². The number of hydrogen-bond acceptors (Lipinski definition) is 2. The molecule has 0 N–H and O–H groups in total. The Bertz CT molecular complexity index is 3330. The molecule has 2 aliphatic carbocycles. The van der Waals surface area contributed by atoms with E-state index in [-0.39, 0.29) is 10.8 Å². The first-order valence-electron chi connectivity index (χ1n) is 26.4. The third kappa shape index (κ3) is 9.02. The zero-order valence-electron chi connectivity index (χ0n) is 45.4. The molecular formula is C72H68N2. The van der Waals surface area contributed by atoms with Gasteiger partial charge in [-0.1, -0.05) is 149 Å². The number of fused-ring (bicyclic) bond motifs is 6. The van der Waals surface area contributed by atoms with Crippen LogP contribution in [0.15, 0.2) is 170 Å². The maximum Gasteiger partial charge on any atom is 0.0466 e. The second kappa shape index (κ2) is 18.5. The summed E-state index contributed by atoms with van der Waals surface area (Å²) in [7, 11) is 0. The van der Waals surface area contributed by atoms with Crippen LogP contribution in [0.2, 0.25) is 0 Å². The van der Waals surface area contributed by atoms with Gasteiger partial charge in [0, 0.05) is 45.0 Å². The van der Waals surface area contributed by atoms with Crippen molar-refractivity contribution in [3.05, 3.63) is 259 Å². The molecule has 0 saturated heterocycles. The summed E-state index contributed by atoms with van der Waals surface area (Å²) in [6.45, 7) is 27.1. The van der Waals surface area contributed by atoms with E-state index in [1.807, 2.05) is 0 Å². The second-order valence-electron chi connectivity index (χ2n) is 22.7. The number of benzene rings is 9. The molecule has 11 rings (SSSR count). The maximum absolute atomic E-state index is 2.44. The van der Waals surface area contributed by atoms with E-state index < -0.39 is 0 Å². The van der Waals surface area contributed by atoms with Gasteiger partial charge in [0.25, 0.3) is 0 Å². The zero-order chi connectivity index (χ0) is 51.8. The topological polar surface area (TPSA) is 6.48 Å². The molecule has 0 aliphatic heterocycles. The van der Waals surface area contributed by atoms with Crippen molar-refractivity contribution in [2.45, 2.75) is 93.9 Å². The minimum atomic E-state index is -0.165. The molecule has 0 aromatic heterocycles. The van der Waals surface area contributed by atoms with Gasteiger partial charge in [-0.3, -0.25) is 0 Å². The Kier molecular flexibility index (Phi) is 12.1. The predicted octanol–water partition coefficient (Wildman–Crippen LogP) is 20.0. The molecule has 2 aliphatic rings. The molecule has 0 heterocycles. The lowest BCUT2D eigenvalue weighted by Gasteiger charge is -2.29. The van der Waals surface area contributed by atoms with Gasteiger partial charge in [-0.25, -0.2) is 0 Å². The summed E-state index contributed by atoms with van der Waals surface area (Å²) in [5.74, 6) is 0. The van der Waals surface area contributed by atoms with Crippen molar-refractivity contribution < 1.29 is 0 Å². The first kappa shape index (κ1) is 48.3. The monoisotopic (exact) mass is 961 g/mol. The summed E-state index contributed by atoms with van der Waals surface area (Å²) < 4.78 is 0. The van der Waals surface area contributed by atoms with Crippen LogP contribution in [0.1, 0.15) is 117 Å². The number of nitrogens with zero attached hydrogens (tertiary/aromatic N) is 2. The highest BCUT2D eigenvalue weighted by atomic mass is 15.1. The molecule has 0 unspecified atom stereocenters. The van der Waals surface area contributed by atoms with Gasteiger partial charge in [-0.05, 0) is 239 Å². The minimum absolute atomic E-state index is 0.165. The lowest BCUT2D eigenvalue weighted by Crippen LogP contribution is -2.17. The fourth-order valence-corrected chi connectivity index (χ4v) is 12.3. The Morgan fingerprint density at radius 3 is 0.757 bits per heavy atom. The highest BCUT2D eigenvalue weighted by Crippen LogP contribution is 2.53. The average Bonchev–Trinajstić information content (AvgIpc) is 3.70. The van der Waals surface area contributed by atoms with Gasteiger partial charge in [0.05, 0.1) is 0 Å². The van der Waals surface area contributed by atoms with Crippen LogP contribution in [0, 0.1) is 55.4 Å². The van der Waals surface area contributed by atoms with Gasteiger partial charge in [0.15, 0.2) is 0 Å². The lowest BCUT2D eigenvalue weighted by atomic mass is 9.81. The fraction of sp³-hybridized carbons (Fsp3) is 0.194. The maximum atomic E-state index is 2.44. The van der Waals surface area contributed by atoms with Crippen LogP contribution < -0.4 is 9.80 Å². The number of aryl methyl sites for hydroxylation is 8. The highest BCUT2D eigenvalue weighted by Gasteiger charge is 2.38.